The Labute approximate surface area is 93.7 Å². The van der Waals surface area contributed by atoms with Crippen molar-refractivity contribution in [1.29, 1.82) is 10.5 Å². The molecule has 0 aromatic carbocycles. The topological polar surface area (TPSA) is 47.6 Å². The fourth-order valence-corrected chi connectivity index (χ4v) is 2.28. The van der Waals surface area contributed by atoms with E-state index in [4.69, 9.17) is 10.5 Å². The Hall–Kier alpha value is -0.840. The number of hydrogen-bond acceptors (Lipinski definition) is 4. The number of thioether (sulfide) groups is 2. The van der Waals surface area contributed by atoms with E-state index < -0.39 is 0 Å². The van der Waals surface area contributed by atoms with Crippen LogP contribution < -0.4 is 0 Å². The highest BCUT2D eigenvalue weighted by Gasteiger charge is 2.10. The van der Waals surface area contributed by atoms with E-state index in [1.165, 1.54) is 0 Å². The normalized spacial score (nSPS) is 8.43. The quantitative estimate of drug-likeness (QED) is 0.537. The van der Waals surface area contributed by atoms with Gasteiger partial charge in [0, 0.05) is 9.81 Å². The molecule has 0 aliphatic rings. The molecule has 0 amide bonds. The highest BCUT2D eigenvalue weighted by atomic mass is 32.2. The molecule has 2 nitrogen and oxygen atoms in total. The number of nitrogens with zero attached hydrogens (tertiary/aromatic N) is 2. The Balaban J connectivity index is 5.22. The van der Waals surface area contributed by atoms with Crippen LogP contribution in [0.4, 0.5) is 0 Å². The summed E-state index contributed by atoms with van der Waals surface area (Å²) in [7, 11) is 0. The van der Waals surface area contributed by atoms with Crippen LogP contribution in [-0.4, -0.2) is 0 Å². The molecule has 0 N–H and O–H groups in total. The maximum absolute atomic E-state index is 8.65. The van der Waals surface area contributed by atoms with Crippen molar-refractivity contribution < 1.29 is 0 Å². The molecule has 0 aromatic heterocycles. The van der Waals surface area contributed by atoms with Crippen LogP contribution in [0.1, 0.15) is 27.7 Å². The Morgan fingerprint density at radius 2 is 1.07 bits per heavy atom. The molecule has 0 aliphatic heterocycles. The van der Waals surface area contributed by atoms with E-state index in [1.807, 2.05) is 38.5 Å². The molecule has 0 radical (unpaired) electrons. The summed E-state index contributed by atoms with van der Waals surface area (Å²) in [5.41, 5.74) is 2.13. The van der Waals surface area contributed by atoms with Gasteiger partial charge in [0.15, 0.2) is 0 Å². The number of allylic oxidation sites excluding steroid dienone is 2. The maximum Gasteiger partial charge on any atom is 0.138 e. The van der Waals surface area contributed by atoms with Crippen LogP contribution in [0.25, 0.3) is 0 Å². The average Bonchev–Trinajstić information content (AvgIpc) is 2.10. The van der Waals surface area contributed by atoms with Crippen molar-refractivity contribution in [1.82, 2.24) is 0 Å². The van der Waals surface area contributed by atoms with Gasteiger partial charge >= 0.3 is 0 Å². The Morgan fingerprint density at radius 3 is 1.21 bits per heavy atom. The molecule has 0 bridgehead atoms. The van der Waals surface area contributed by atoms with Crippen molar-refractivity contribution in [3.05, 3.63) is 21.0 Å². The van der Waals surface area contributed by atoms with Gasteiger partial charge in [-0.05, 0) is 51.2 Å². The van der Waals surface area contributed by atoms with Crippen LogP contribution in [-0.2, 0) is 0 Å². The standard InChI is InChI=1S/C10H12N2S2/c1-7(2)9(13-5-11)10(8(3)4)14-6-12/h1-4H3. The third kappa shape index (κ3) is 3.91. The van der Waals surface area contributed by atoms with E-state index in [-0.39, 0.29) is 0 Å². The van der Waals surface area contributed by atoms with Crippen LogP contribution in [0, 0.1) is 21.3 Å². The number of rotatable bonds is 3. The van der Waals surface area contributed by atoms with Crippen molar-refractivity contribution in [2.24, 2.45) is 0 Å². The molecule has 0 fully saturated rings. The minimum absolute atomic E-state index is 0.902. The van der Waals surface area contributed by atoms with E-state index >= 15 is 0 Å². The van der Waals surface area contributed by atoms with Gasteiger partial charge in [-0.1, -0.05) is 11.1 Å². The lowest BCUT2D eigenvalue weighted by molar-refractivity contribution is 1.32. The summed E-state index contributed by atoms with van der Waals surface area (Å²) >= 11 is 2.23. The highest BCUT2D eigenvalue weighted by Crippen LogP contribution is 2.35. The summed E-state index contributed by atoms with van der Waals surface area (Å²) in [6.45, 7) is 7.78. The summed E-state index contributed by atoms with van der Waals surface area (Å²) in [6, 6.07) is 0. The first-order valence-electron chi connectivity index (χ1n) is 4.01. The Kier molecular flexibility index (Phi) is 6.19. The van der Waals surface area contributed by atoms with Crippen LogP contribution in [0.5, 0.6) is 0 Å². The smallest absolute Gasteiger partial charge is 0.138 e. The zero-order valence-electron chi connectivity index (χ0n) is 8.71. The molecule has 0 aliphatic carbocycles. The van der Waals surface area contributed by atoms with Gasteiger partial charge in [0.2, 0.25) is 0 Å². The summed E-state index contributed by atoms with van der Waals surface area (Å²) in [5, 5.41) is 21.4. The Bertz CT molecular complexity index is 309. The summed E-state index contributed by atoms with van der Waals surface area (Å²) in [5.74, 6) is 0. The van der Waals surface area contributed by atoms with Crippen molar-refractivity contribution in [3.8, 4) is 10.8 Å². The van der Waals surface area contributed by atoms with Gasteiger partial charge in [0.05, 0.1) is 0 Å². The molecule has 0 rings (SSSR count). The predicted molar refractivity (Wildman–Crippen MR) is 63.2 cm³/mol. The van der Waals surface area contributed by atoms with E-state index in [2.05, 4.69) is 0 Å². The monoisotopic (exact) mass is 224 g/mol. The molecule has 74 valence electrons. The molecule has 0 heterocycles. The van der Waals surface area contributed by atoms with Crippen LogP contribution >= 0.6 is 23.5 Å². The third-order valence-corrected chi connectivity index (χ3v) is 3.35. The predicted octanol–water partition coefficient (Wildman–Crippen LogP) is 4.00. The van der Waals surface area contributed by atoms with Gasteiger partial charge in [-0.2, -0.15) is 10.5 Å². The first-order valence-corrected chi connectivity index (χ1v) is 5.65. The van der Waals surface area contributed by atoms with E-state index in [1.54, 1.807) is 0 Å². The second-order valence-corrected chi connectivity index (χ2v) is 4.63. The van der Waals surface area contributed by atoms with Crippen molar-refractivity contribution in [2.75, 3.05) is 0 Å². The minimum Gasteiger partial charge on any atom is -0.185 e. The van der Waals surface area contributed by atoms with Gasteiger partial charge < -0.3 is 0 Å². The van der Waals surface area contributed by atoms with Crippen LogP contribution in [0.15, 0.2) is 21.0 Å². The molecule has 0 aromatic rings. The third-order valence-electron chi connectivity index (χ3n) is 1.41. The minimum atomic E-state index is 0.902. The lowest BCUT2D eigenvalue weighted by Crippen LogP contribution is -1.86. The average molecular weight is 224 g/mol. The zero-order chi connectivity index (χ0) is 11.1. The van der Waals surface area contributed by atoms with Crippen LogP contribution in [0.2, 0.25) is 0 Å². The largest absolute Gasteiger partial charge is 0.185 e. The second kappa shape index (κ2) is 6.59. The number of nitriles is 2. The van der Waals surface area contributed by atoms with Gasteiger partial charge in [0.1, 0.15) is 10.8 Å². The molecule has 14 heavy (non-hydrogen) atoms. The van der Waals surface area contributed by atoms with Crippen molar-refractivity contribution in [2.45, 2.75) is 27.7 Å². The molecule has 0 atom stereocenters. The lowest BCUT2D eigenvalue weighted by atomic mass is 10.2. The second-order valence-electron chi connectivity index (χ2n) is 3.04. The molecule has 0 unspecified atom stereocenters. The molecule has 0 saturated carbocycles. The summed E-state index contributed by atoms with van der Waals surface area (Å²) < 4.78 is 0. The van der Waals surface area contributed by atoms with Gasteiger partial charge in [-0.3, -0.25) is 0 Å². The molecular formula is C10H12N2S2. The maximum atomic E-state index is 8.65. The van der Waals surface area contributed by atoms with Crippen molar-refractivity contribution >= 4 is 23.5 Å². The lowest BCUT2D eigenvalue weighted by Gasteiger charge is -2.08. The van der Waals surface area contributed by atoms with Crippen molar-refractivity contribution in [3.63, 3.8) is 0 Å². The van der Waals surface area contributed by atoms with Crippen LogP contribution in [0.3, 0.4) is 0 Å². The van der Waals surface area contributed by atoms with Gasteiger partial charge in [-0.25, -0.2) is 0 Å². The van der Waals surface area contributed by atoms with Gasteiger partial charge in [0.25, 0.3) is 0 Å². The zero-order valence-corrected chi connectivity index (χ0v) is 10.3. The molecule has 4 heteroatoms. The number of hydrogen-bond donors (Lipinski definition) is 0. The fraction of sp³-hybridized carbons (Fsp3) is 0.400. The molecular weight excluding hydrogens is 212 g/mol. The molecule has 0 spiro atoms. The van der Waals surface area contributed by atoms with E-state index in [0.717, 1.165) is 44.5 Å². The highest BCUT2D eigenvalue weighted by molar-refractivity contribution is 8.12. The molecule has 0 saturated heterocycles. The summed E-state index contributed by atoms with van der Waals surface area (Å²) in [4.78, 5) is 1.80. The SMILES string of the molecule is CC(C)=C(SC#N)C(SC#N)=C(C)C. The first-order chi connectivity index (χ1) is 6.54. The van der Waals surface area contributed by atoms with E-state index in [9.17, 15) is 0 Å². The number of thiocyanates is 2. The Morgan fingerprint density at radius 1 is 0.786 bits per heavy atom. The first kappa shape index (κ1) is 13.2. The van der Waals surface area contributed by atoms with E-state index in [0.29, 0.717) is 0 Å². The fourth-order valence-electron chi connectivity index (χ4n) is 0.842. The van der Waals surface area contributed by atoms with Gasteiger partial charge in [-0.15, -0.1) is 0 Å². The summed E-state index contributed by atoms with van der Waals surface area (Å²) in [6.07, 6.45) is 0.